The Balaban J connectivity index is 1.73. The van der Waals surface area contributed by atoms with Gasteiger partial charge in [0, 0.05) is 11.0 Å². The van der Waals surface area contributed by atoms with Crippen LogP contribution in [-0.2, 0) is 11.3 Å². The number of hydrogen-bond donors (Lipinski definition) is 2. The lowest BCUT2D eigenvalue weighted by Crippen LogP contribution is -2.41. The first-order valence-corrected chi connectivity index (χ1v) is 8.25. The number of rotatable bonds is 5. The Morgan fingerprint density at radius 2 is 1.96 bits per heavy atom. The van der Waals surface area contributed by atoms with Crippen LogP contribution in [0.15, 0.2) is 53.0 Å². The summed E-state index contributed by atoms with van der Waals surface area (Å²) in [6.07, 6.45) is 0. The zero-order valence-electron chi connectivity index (χ0n) is 12.6. The van der Waals surface area contributed by atoms with Gasteiger partial charge in [0.1, 0.15) is 5.75 Å². The van der Waals surface area contributed by atoms with E-state index in [0.29, 0.717) is 12.3 Å². The van der Waals surface area contributed by atoms with Crippen molar-refractivity contribution < 1.29 is 9.53 Å². The van der Waals surface area contributed by atoms with E-state index < -0.39 is 0 Å². The van der Waals surface area contributed by atoms with Crippen molar-refractivity contribution in [1.29, 1.82) is 0 Å². The number of nitrogens with one attached hydrogen (secondary N) is 2. The average Bonchev–Trinajstić information content (AvgIpc) is 2.55. The molecule has 23 heavy (non-hydrogen) atoms. The molecule has 120 valence electrons. The molecule has 4 nitrogen and oxygen atoms in total. The van der Waals surface area contributed by atoms with E-state index in [9.17, 15) is 4.79 Å². The van der Waals surface area contributed by atoms with Gasteiger partial charge in [-0.3, -0.25) is 4.79 Å². The number of benzene rings is 2. The summed E-state index contributed by atoms with van der Waals surface area (Å²) in [6, 6.07) is 15.4. The van der Waals surface area contributed by atoms with Crippen LogP contribution in [0.1, 0.15) is 11.1 Å². The standard InChI is InChI=1S/C17H17BrN2O2S/c1-12-9-14(7-8-15(12)18)22-11-16(21)20-17(23)19-10-13-5-3-2-4-6-13/h2-9H,10-11H2,1H3,(H2,19,20,21,23). The van der Waals surface area contributed by atoms with E-state index in [0.717, 1.165) is 15.6 Å². The van der Waals surface area contributed by atoms with Gasteiger partial charge in [-0.2, -0.15) is 0 Å². The Kier molecular flexibility index (Phi) is 6.55. The molecule has 2 aromatic carbocycles. The monoisotopic (exact) mass is 392 g/mol. The maximum absolute atomic E-state index is 11.8. The van der Waals surface area contributed by atoms with E-state index in [2.05, 4.69) is 26.6 Å². The maximum atomic E-state index is 11.8. The number of carbonyl (C=O) groups excluding carboxylic acids is 1. The average molecular weight is 393 g/mol. The molecule has 2 rings (SSSR count). The van der Waals surface area contributed by atoms with Crippen LogP contribution in [0, 0.1) is 6.92 Å². The fourth-order valence-electron chi connectivity index (χ4n) is 1.84. The summed E-state index contributed by atoms with van der Waals surface area (Å²) in [7, 11) is 0. The van der Waals surface area contributed by atoms with Crippen LogP contribution in [0.5, 0.6) is 5.75 Å². The normalized spacial score (nSPS) is 10.0. The first-order chi connectivity index (χ1) is 11.0. The molecule has 0 aliphatic carbocycles. The molecule has 0 saturated heterocycles. The Bertz CT molecular complexity index is 692. The lowest BCUT2D eigenvalue weighted by atomic mass is 10.2. The molecule has 2 N–H and O–H groups in total. The summed E-state index contributed by atoms with van der Waals surface area (Å²) in [4.78, 5) is 11.8. The molecule has 0 fully saturated rings. The van der Waals surface area contributed by atoms with Crippen LogP contribution in [-0.4, -0.2) is 17.6 Å². The van der Waals surface area contributed by atoms with E-state index in [1.54, 1.807) is 6.07 Å². The highest BCUT2D eigenvalue weighted by atomic mass is 79.9. The van der Waals surface area contributed by atoms with Crippen LogP contribution >= 0.6 is 28.1 Å². The minimum Gasteiger partial charge on any atom is -0.484 e. The Morgan fingerprint density at radius 3 is 2.65 bits per heavy atom. The molecule has 0 saturated carbocycles. The highest BCUT2D eigenvalue weighted by molar-refractivity contribution is 9.10. The third-order valence-electron chi connectivity index (χ3n) is 3.05. The molecule has 2 aromatic rings. The van der Waals surface area contributed by atoms with Crippen molar-refractivity contribution in [3.05, 3.63) is 64.1 Å². The predicted molar refractivity (Wildman–Crippen MR) is 98.4 cm³/mol. The molecule has 0 spiro atoms. The van der Waals surface area contributed by atoms with Gasteiger partial charge in [0.05, 0.1) is 0 Å². The molecular formula is C17H17BrN2O2S. The van der Waals surface area contributed by atoms with Gasteiger partial charge in [-0.05, 0) is 48.5 Å². The smallest absolute Gasteiger partial charge is 0.264 e. The molecule has 0 unspecified atom stereocenters. The third-order valence-corrected chi connectivity index (χ3v) is 4.18. The highest BCUT2D eigenvalue weighted by Gasteiger charge is 2.06. The van der Waals surface area contributed by atoms with Gasteiger partial charge in [0.15, 0.2) is 11.7 Å². The Hall–Kier alpha value is -1.92. The number of thiocarbonyl (C=S) groups is 1. The van der Waals surface area contributed by atoms with Crippen molar-refractivity contribution in [2.75, 3.05) is 6.61 Å². The maximum Gasteiger partial charge on any atom is 0.264 e. The SMILES string of the molecule is Cc1cc(OCC(=O)NC(=S)NCc2ccccc2)ccc1Br. The molecule has 0 atom stereocenters. The summed E-state index contributed by atoms with van der Waals surface area (Å²) in [5.74, 6) is 0.347. The molecule has 0 bridgehead atoms. The molecule has 1 amide bonds. The number of ether oxygens (including phenoxy) is 1. The fourth-order valence-corrected chi connectivity index (χ4v) is 2.27. The van der Waals surface area contributed by atoms with Crippen LogP contribution in [0.25, 0.3) is 0 Å². The molecule has 6 heteroatoms. The van der Waals surface area contributed by atoms with Crippen molar-refractivity contribution in [3.8, 4) is 5.75 Å². The first kappa shape index (κ1) is 17.4. The van der Waals surface area contributed by atoms with Gasteiger partial charge >= 0.3 is 0 Å². The second kappa shape index (κ2) is 8.64. The Labute approximate surface area is 149 Å². The quantitative estimate of drug-likeness (QED) is 0.766. The summed E-state index contributed by atoms with van der Waals surface area (Å²) in [5, 5.41) is 5.86. The first-order valence-electron chi connectivity index (χ1n) is 7.05. The van der Waals surface area contributed by atoms with Crippen LogP contribution in [0.2, 0.25) is 0 Å². The topological polar surface area (TPSA) is 50.4 Å². The number of carbonyl (C=O) groups is 1. The second-order valence-corrected chi connectivity index (χ2v) is 6.18. The van der Waals surface area contributed by atoms with Crippen molar-refractivity contribution in [1.82, 2.24) is 10.6 Å². The van der Waals surface area contributed by atoms with Crippen LogP contribution in [0.4, 0.5) is 0 Å². The summed E-state index contributed by atoms with van der Waals surface area (Å²) in [6.45, 7) is 2.43. The van der Waals surface area contributed by atoms with Gasteiger partial charge in [-0.25, -0.2) is 0 Å². The predicted octanol–water partition coefficient (Wildman–Crippen LogP) is 3.33. The fraction of sp³-hybridized carbons (Fsp3) is 0.176. The minimum atomic E-state index is -0.295. The molecule has 0 aromatic heterocycles. The molecule has 0 aliphatic rings. The largest absolute Gasteiger partial charge is 0.484 e. The molecule has 0 aliphatic heterocycles. The summed E-state index contributed by atoms with van der Waals surface area (Å²) < 4.78 is 6.45. The van der Waals surface area contributed by atoms with Crippen molar-refractivity contribution in [3.63, 3.8) is 0 Å². The molecule has 0 heterocycles. The minimum absolute atomic E-state index is 0.0891. The van der Waals surface area contributed by atoms with Crippen molar-refractivity contribution in [2.24, 2.45) is 0 Å². The van der Waals surface area contributed by atoms with Gasteiger partial charge in [0.2, 0.25) is 0 Å². The number of aryl methyl sites for hydroxylation is 1. The van der Waals surface area contributed by atoms with Crippen LogP contribution < -0.4 is 15.4 Å². The van der Waals surface area contributed by atoms with Gasteiger partial charge in [0.25, 0.3) is 5.91 Å². The van der Waals surface area contributed by atoms with Gasteiger partial charge in [-0.15, -0.1) is 0 Å². The van der Waals surface area contributed by atoms with Gasteiger partial charge in [-0.1, -0.05) is 46.3 Å². The second-order valence-electron chi connectivity index (χ2n) is 4.92. The van der Waals surface area contributed by atoms with Crippen LogP contribution in [0.3, 0.4) is 0 Å². The van der Waals surface area contributed by atoms with Crippen molar-refractivity contribution >= 4 is 39.2 Å². The number of amides is 1. The van der Waals surface area contributed by atoms with Crippen molar-refractivity contribution in [2.45, 2.75) is 13.5 Å². The Morgan fingerprint density at radius 1 is 1.22 bits per heavy atom. The lowest BCUT2D eigenvalue weighted by Gasteiger charge is -2.11. The summed E-state index contributed by atoms with van der Waals surface area (Å²) >= 11 is 8.51. The number of hydrogen-bond acceptors (Lipinski definition) is 3. The van der Waals surface area contributed by atoms with E-state index in [1.165, 1.54) is 0 Å². The van der Waals surface area contributed by atoms with E-state index in [-0.39, 0.29) is 17.6 Å². The zero-order valence-corrected chi connectivity index (χ0v) is 15.0. The zero-order chi connectivity index (χ0) is 16.7. The highest BCUT2D eigenvalue weighted by Crippen LogP contribution is 2.21. The van der Waals surface area contributed by atoms with E-state index in [1.807, 2.05) is 49.4 Å². The summed E-state index contributed by atoms with van der Waals surface area (Å²) in [5.41, 5.74) is 2.13. The molecule has 0 radical (unpaired) electrons. The number of halogens is 1. The van der Waals surface area contributed by atoms with E-state index >= 15 is 0 Å². The van der Waals surface area contributed by atoms with E-state index in [4.69, 9.17) is 17.0 Å². The third kappa shape index (κ3) is 6.00. The lowest BCUT2D eigenvalue weighted by molar-refractivity contribution is -0.121. The van der Waals surface area contributed by atoms with Gasteiger partial charge < -0.3 is 15.4 Å². The molecular weight excluding hydrogens is 376 g/mol.